The molecule has 0 spiro atoms. The fraction of sp³-hybridized carbons (Fsp3) is 0.320. The molecule has 1 aliphatic rings. The van der Waals surface area contributed by atoms with Gasteiger partial charge in [0, 0.05) is 12.7 Å². The van der Waals surface area contributed by atoms with Crippen molar-refractivity contribution < 1.29 is 9.47 Å². The van der Waals surface area contributed by atoms with E-state index in [2.05, 4.69) is 50.7 Å². The van der Waals surface area contributed by atoms with Gasteiger partial charge in [0.25, 0.3) is 0 Å². The Morgan fingerprint density at radius 2 is 1.77 bits per heavy atom. The van der Waals surface area contributed by atoms with E-state index in [0.717, 1.165) is 54.3 Å². The zero-order valence-electron chi connectivity index (χ0n) is 17.3. The molecule has 4 aromatic rings. The average molecular weight is 402 g/mol. The van der Waals surface area contributed by atoms with Crippen molar-refractivity contribution in [3.05, 3.63) is 72.6 Å². The van der Waals surface area contributed by atoms with Crippen molar-refractivity contribution in [2.24, 2.45) is 5.92 Å². The quantitative estimate of drug-likeness (QED) is 0.466. The van der Waals surface area contributed by atoms with Crippen LogP contribution in [0.4, 0.5) is 0 Å². The minimum Gasteiger partial charge on any atom is -0.494 e. The molecule has 5 nitrogen and oxygen atoms in total. The van der Waals surface area contributed by atoms with Crippen LogP contribution in [-0.4, -0.2) is 41.1 Å². The lowest BCUT2D eigenvalue weighted by molar-refractivity contribution is 0.137. The third-order valence-electron chi connectivity index (χ3n) is 6.09. The van der Waals surface area contributed by atoms with E-state index in [-0.39, 0.29) is 0 Å². The molecule has 0 amide bonds. The Hall–Kier alpha value is -3.05. The van der Waals surface area contributed by atoms with Crippen LogP contribution in [0, 0.1) is 5.92 Å². The number of benzene rings is 2. The molecule has 154 valence electrons. The van der Waals surface area contributed by atoms with Gasteiger partial charge in [-0.15, -0.1) is 0 Å². The molecule has 5 heteroatoms. The zero-order valence-corrected chi connectivity index (χ0v) is 17.3. The number of piperidine rings is 1. The molecule has 2 aromatic carbocycles. The fourth-order valence-electron chi connectivity index (χ4n) is 4.37. The van der Waals surface area contributed by atoms with Crippen LogP contribution in [-0.2, 0) is 6.54 Å². The lowest BCUT2D eigenvalue weighted by Crippen LogP contribution is -2.35. The van der Waals surface area contributed by atoms with Crippen LogP contribution < -0.4 is 9.47 Å². The van der Waals surface area contributed by atoms with E-state index in [0.29, 0.717) is 5.92 Å². The summed E-state index contributed by atoms with van der Waals surface area (Å²) in [7, 11) is 1.68. The van der Waals surface area contributed by atoms with E-state index >= 15 is 0 Å². The molecule has 0 atom stereocenters. The Bertz CT molecular complexity index is 1130. The molecule has 1 aliphatic heterocycles. The minimum absolute atomic E-state index is 0.586. The Kier molecular flexibility index (Phi) is 5.28. The molecular formula is C25H27N3O2. The highest BCUT2D eigenvalue weighted by Crippen LogP contribution is 2.29. The van der Waals surface area contributed by atoms with Crippen molar-refractivity contribution in [3.8, 4) is 11.5 Å². The highest BCUT2D eigenvalue weighted by molar-refractivity contribution is 5.85. The topological polar surface area (TPSA) is 39.0 Å². The van der Waals surface area contributed by atoms with Gasteiger partial charge in [-0.3, -0.25) is 4.90 Å². The summed E-state index contributed by atoms with van der Waals surface area (Å²) in [4.78, 5) is 7.22. The molecule has 0 saturated carbocycles. The van der Waals surface area contributed by atoms with Crippen LogP contribution in [0.3, 0.4) is 0 Å². The van der Waals surface area contributed by atoms with Gasteiger partial charge in [0.15, 0.2) is 0 Å². The highest BCUT2D eigenvalue weighted by Gasteiger charge is 2.20. The van der Waals surface area contributed by atoms with Gasteiger partial charge in [0.2, 0.25) is 0 Å². The first kappa shape index (κ1) is 18.9. The molecule has 30 heavy (non-hydrogen) atoms. The summed E-state index contributed by atoms with van der Waals surface area (Å²) in [5, 5.41) is 0. The molecule has 2 aromatic heterocycles. The van der Waals surface area contributed by atoms with E-state index in [9.17, 15) is 0 Å². The summed E-state index contributed by atoms with van der Waals surface area (Å²) in [6, 6.07) is 18.8. The summed E-state index contributed by atoms with van der Waals surface area (Å²) in [6.45, 7) is 4.03. The van der Waals surface area contributed by atoms with Crippen LogP contribution in [0.25, 0.3) is 16.6 Å². The minimum atomic E-state index is 0.586. The third-order valence-corrected chi connectivity index (χ3v) is 6.09. The smallest absolute Gasteiger partial charge is 0.147 e. The fourth-order valence-corrected chi connectivity index (χ4v) is 4.37. The highest BCUT2D eigenvalue weighted by atomic mass is 16.5. The number of likely N-dealkylation sites (tertiary alicyclic amines) is 1. The average Bonchev–Trinajstić information content (AvgIpc) is 3.23. The first-order valence-electron chi connectivity index (χ1n) is 10.6. The van der Waals surface area contributed by atoms with Crippen molar-refractivity contribution >= 4 is 16.6 Å². The van der Waals surface area contributed by atoms with E-state index in [1.807, 2.05) is 30.6 Å². The predicted molar refractivity (Wildman–Crippen MR) is 119 cm³/mol. The number of aromatic nitrogens is 2. The molecule has 0 unspecified atom stereocenters. The van der Waals surface area contributed by atoms with E-state index < -0.39 is 0 Å². The van der Waals surface area contributed by atoms with Crippen LogP contribution in [0.1, 0.15) is 18.4 Å². The molecule has 1 saturated heterocycles. The molecule has 0 N–H and O–H groups in total. The van der Waals surface area contributed by atoms with Crippen molar-refractivity contribution in [2.75, 3.05) is 26.8 Å². The second-order valence-corrected chi connectivity index (χ2v) is 8.04. The van der Waals surface area contributed by atoms with Gasteiger partial charge in [-0.05, 0) is 55.6 Å². The maximum absolute atomic E-state index is 6.27. The monoisotopic (exact) mass is 401 g/mol. The number of hydrogen-bond donors (Lipinski definition) is 0. The first-order chi connectivity index (χ1) is 14.8. The largest absolute Gasteiger partial charge is 0.494 e. The van der Waals surface area contributed by atoms with Crippen molar-refractivity contribution in [3.63, 3.8) is 0 Å². The Balaban J connectivity index is 1.24. The summed E-state index contributed by atoms with van der Waals surface area (Å²) in [6.07, 6.45) is 6.22. The number of methoxy groups -OCH3 is 1. The summed E-state index contributed by atoms with van der Waals surface area (Å²) >= 11 is 0. The van der Waals surface area contributed by atoms with E-state index in [1.54, 1.807) is 7.11 Å². The van der Waals surface area contributed by atoms with Crippen LogP contribution in [0.2, 0.25) is 0 Å². The summed E-state index contributed by atoms with van der Waals surface area (Å²) < 4.78 is 13.8. The van der Waals surface area contributed by atoms with Gasteiger partial charge in [-0.2, -0.15) is 0 Å². The Morgan fingerprint density at radius 1 is 0.933 bits per heavy atom. The van der Waals surface area contributed by atoms with Gasteiger partial charge >= 0.3 is 0 Å². The molecule has 1 fully saturated rings. The maximum atomic E-state index is 6.27. The standard InChI is InChI=1S/C25H27N3O2/c1-29-23-12-15-28-21-8-5-9-24(25(21)26-16-22(23)28)30-18-20-10-13-27(14-11-20)17-19-6-3-2-4-7-19/h2-9,12,15-16,20H,10-11,13-14,17-18H2,1H3. The molecular weight excluding hydrogens is 374 g/mol. The Labute approximate surface area is 176 Å². The van der Waals surface area contributed by atoms with Crippen LogP contribution in [0.5, 0.6) is 11.5 Å². The van der Waals surface area contributed by atoms with Crippen molar-refractivity contribution in [2.45, 2.75) is 19.4 Å². The normalized spacial score (nSPS) is 15.6. The van der Waals surface area contributed by atoms with Crippen LogP contribution in [0.15, 0.2) is 67.0 Å². The van der Waals surface area contributed by atoms with Gasteiger partial charge in [0.05, 0.1) is 25.4 Å². The summed E-state index contributed by atoms with van der Waals surface area (Å²) in [5.74, 6) is 2.27. The van der Waals surface area contributed by atoms with Gasteiger partial charge in [0.1, 0.15) is 22.5 Å². The number of fused-ring (bicyclic) bond motifs is 3. The summed E-state index contributed by atoms with van der Waals surface area (Å²) in [5.41, 5.74) is 4.28. The number of ether oxygens (including phenoxy) is 2. The molecule has 0 bridgehead atoms. The molecule has 0 aliphatic carbocycles. The lowest BCUT2D eigenvalue weighted by Gasteiger charge is -2.31. The second kappa shape index (κ2) is 8.36. The van der Waals surface area contributed by atoms with Gasteiger partial charge in [-0.1, -0.05) is 36.4 Å². The molecule has 5 rings (SSSR count). The number of rotatable bonds is 6. The number of nitrogens with zero attached hydrogens (tertiary/aromatic N) is 3. The predicted octanol–water partition coefficient (Wildman–Crippen LogP) is 4.79. The van der Waals surface area contributed by atoms with Crippen molar-refractivity contribution in [1.82, 2.24) is 14.3 Å². The third kappa shape index (κ3) is 3.73. The lowest BCUT2D eigenvalue weighted by atomic mass is 9.97. The number of hydrogen-bond acceptors (Lipinski definition) is 4. The number of para-hydroxylation sites is 1. The van der Waals surface area contributed by atoms with Gasteiger partial charge < -0.3 is 13.9 Å². The van der Waals surface area contributed by atoms with E-state index in [4.69, 9.17) is 9.47 Å². The first-order valence-corrected chi connectivity index (χ1v) is 10.6. The Morgan fingerprint density at radius 3 is 2.57 bits per heavy atom. The maximum Gasteiger partial charge on any atom is 0.147 e. The van der Waals surface area contributed by atoms with Crippen molar-refractivity contribution in [1.29, 1.82) is 0 Å². The SMILES string of the molecule is COc1ccn2c1cnc1c(OCC3CCN(Cc4ccccc4)CC3)cccc12. The van der Waals surface area contributed by atoms with E-state index in [1.165, 1.54) is 18.4 Å². The zero-order chi connectivity index (χ0) is 20.3. The second-order valence-electron chi connectivity index (χ2n) is 8.04. The van der Waals surface area contributed by atoms with Crippen LogP contribution >= 0.6 is 0 Å². The van der Waals surface area contributed by atoms with Gasteiger partial charge in [-0.25, -0.2) is 4.98 Å². The molecule has 0 radical (unpaired) electrons. The molecule has 3 heterocycles.